The quantitative estimate of drug-likeness (QED) is 0.563. The summed E-state index contributed by atoms with van der Waals surface area (Å²) in [5.74, 6) is -1.54. The SMILES string of the molecule is O=C(N1CCS(=O)(=O)CC1)N(Cc1ccc(-c2nnc(C(F)(F)F)o2)cc1)c1ccccn1. The topological polar surface area (TPSA) is 110 Å². The van der Waals surface area contributed by atoms with E-state index in [2.05, 4.69) is 19.6 Å². The van der Waals surface area contributed by atoms with Crippen LogP contribution in [-0.2, 0) is 22.6 Å². The zero-order chi connectivity index (χ0) is 23.6. The van der Waals surface area contributed by atoms with E-state index >= 15 is 0 Å². The van der Waals surface area contributed by atoms with Gasteiger partial charge in [-0.2, -0.15) is 13.2 Å². The number of nitrogens with zero attached hydrogens (tertiary/aromatic N) is 5. The Balaban J connectivity index is 1.54. The summed E-state index contributed by atoms with van der Waals surface area (Å²) in [6.07, 6.45) is -3.20. The van der Waals surface area contributed by atoms with Gasteiger partial charge in [0, 0.05) is 24.8 Å². The standard InChI is InChI=1S/C20H18F3N5O4S/c21-20(22,23)18-26-25-17(32-18)15-6-4-14(5-7-15)13-28(16-3-1-2-8-24-16)19(29)27-9-11-33(30,31)12-10-27/h1-8H,9-13H2. The fourth-order valence-electron chi connectivity index (χ4n) is 3.22. The zero-order valence-electron chi connectivity index (χ0n) is 17.1. The van der Waals surface area contributed by atoms with Gasteiger partial charge >= 0.3 is 18.1 Å². The number of hydrogen-bond donors (Lipinski definition) is 0. The van der Waals surface area contributed by atoms with Crippen molar-refractivity contribution in [3.63, 3.8) is 0 Å². The van der Waals surface area contributed by atoms with Crippen molar-refractivity contribution in [2.75, 3.05) is 29.5 Å². The van der Waals surface area contributed by atoms with Crippen LogP contribution in [0.2, 0.25) is 0 Å². The molecule has 174 valence electrons. The number of carbonyl (C=O) groups is 1. The highest BCUT2D eigenvalue weighted by atomic mass is 32.2. The molecule has 1 fully saturated rings. The molecule has 0 N–H and O–H groups in total. The highest BCUT2D eigenvalue weighted by Crippen LogP contribution is 2.30. The summed E-state index contributed by atoms with van der Waals surface area (Å²) in [5, 5.41) is 6.43. The third-order valence-electron chi connectivity index (χ3n) is 4.98. The summed E-state index contributed by atoms with van der Waals surface area (Å²) in [4.78, 5) is 20.3. The monoisotopic (exact) mass is 481 g/mol. The van der Waals surface area contributed by atoms with Crippen LogP contribution in [0, 0.1) is 0 Å². The third kappa shape index (κ3) is 5.30. The first-order chi connectivity index (χ1) is 15.6. The predicted molar refractivity (Wildman–Crippen MR) is 111 cm³/mol. The molecular formula is C20H18F3N5O4S. The number of halogens is 3. The number of rotatable bonds is 4. The number of benzene rings is 1. The van der Waals surface area contributed by atoms with E-state index < -0.39 is 21.9 Å². The number of carbonyl (C=O) groups excluding carboxylic acids is 1. The minimum atomic E-state index is -4.73. The summed E-state index contributed by atoms with van der Waals surface area (Å²) in [6.45, 7) is 0.279. The predicted octanol–water partition coefficient (Wildman–Crippen LogP) is 3.01. The first-order valence-electron chi connectivity index (χ1n) is 9.80. The fraction of sp³-hybridized carbons (Fsp3) is 0.300. The summed E-state index contributed by atoms with van der Waals surface area (Å²) in [5.41, 5.74) is 0.955. The Morgan fingerprint density at radius 1 is 1.06 bits per heavy atom. The highest BCUT2D eigenvalue weighted by Gasteiger charge is 2.38. The second kappa shape index (κ2) is 8.81. The van der Waals surface area contributed by atoms with Crippen molar-refractivity contribution in [2.24, 2.45) is 0 Å². The number of pyridine rings is 1. The molecule has 0 radical (unpaired) electrons. The molecule has 1 aromatic carbocycles. The molecule has 3 aromatic rings. The molecule has 0 bridgehead atoms. The molecule has 1 aliphatic heterocycles. The van der Waals surface area contributed by atoms with E-state index in [9.17, 15) is 26.4 Å². The van der Waals surface area contributed by atoms with Crippen LogP contribution in [0.1, 0.15) is 11.5 Å². The van der Waals surface area contributed by atoms with Crippen LogP contribution < -0.4 is 4.90 Å². The molecule has 0 aliphatic carbocycles. The number of sulfone groups is 1. The van der Waals surface area contributed by atoms with Crippen molar-refractivity contribution < 1.29 is 30.8 Å². The molecule has 13 heteroatoms. The van der Waals surface area contributed by atoms with Gasteiger partial charge in [-0.25, -0.2) is 18.2 Å². The normalized spacial score (nSPS) is 15.9. The van der Waals surface area contributed by atoms with Gasteiger partial charge in [0.15, 0.2) is 9.84 Å². The maximum absolute atomic E-state index is 13.2. The largest absolute Gasteiger partial charge is 0.470 e. The minimum absolute atomic E-state index is 0.0855. The highest BCUT2D eigenvalue weighted by molar-refractivity contribution is 7.91. The van der Waals surface area contributed by atoms with Crippen molar-refractivity contribution in [3.05, 3.63) is 60.1 Å². The fourth-order valence-corrected chi connectivity index (χ4v) is 4.43. The van der Waals surface area contributed by atoms with Gasteiger partial charge in [0.05, 0.1) is 18.1 Å². The molecule has 2 amide bonds. The number of aromatic nitrogens is 3. The Hall–Kier alpha value is -3.48. The maximum Gasteiger partial charge on any atom is 0.470 e. The summed E-state index contributed by atoms with van der Waals surface area (Å²) < 4.78 is 66.1. The first kappa shape index (κ1) is 22.7. The third-order valence-corrected chi connectivity index (χ3v) is 6.59. The van der Waals surface area contributed by atoms with Crippen LogP contribution in [0.3, 0.4) is 0 Å². The summed E-state index contributed by atoms with van der Waals surface area (Å²) in [7, 11) is -3.16. The van der Waals surface area contributed by atoms with E-state index in [0.717, 1.165) is 0 Å². The molecule has 33 heavy (non-hydrogen) atoms. The Morgan fingerprint density at radius 3 is 2.33 bits per heavy atom. The van der Waals surface area contributed by atoms with E-state index in [0.29, 0.717) is 16.9 Å². The van der Waals surface area contributed by atoms with Crippen molar-refractivity contribution in [1.82, 2.24) is 20.1 Å². The van der Waals surface area contributed by atoms with E-state index in [1.54, 1.807) is 30.3 Å². The number of anilines is 1. The van der Waals surface area contributed by atoms with Crippen molar-refractivity contribution in [1.29, 1.82) is 0 Å². The van der Waals surface area contributed by atoms with Crippen molar-refractivity contribution in [3.8, 4) is 11.5 Å². The van der Waals surface area contributed by atoms with Gasteiger partial charge in [-0.1, -0.05) is 18.2 Å². The van der Waals surface area contributed by atoms with Gasteiger partial charge in [-0.15, -0.1) is 10.2 Å². The van der Waals surface area contributed by atoms with Crippen LogP contribution in [0.5, 0.6) is 0 Å². The molecule has 9 nitrogen and oxygen atoms in total. The second-order valence-corrected chi connectivity index (χ2v) is 9.61. The average molecular weight is 481 g/mol. The average Bonchev–Trinajstić information content (AvgIpc) is 3.29. The minimum Gasteiger partial charge on any atom is -0.413 e. The van der Waals surface area contributed by atoms with Gasteiger partial charge < -0.3 is 9.32 Å². The molecule has 1 aliphatic rings. The first-order valence-corrected chi connectivity index (χ1v) is 11.6. The van der Waals surface area contributed by atoms with Crippen molar-refractivity contribution >= 4 is 21.7 Å². The maximum atomic E-state index is 13.2. The molecule has 0 saturated carbocycles. The van der Waals surface area contributed by atoms with E-state index in [4.69, 9.17) is 0 Å². The lowest BCUT2D eigenvalue weighted by Gasteiger charge is -2.32. The molecule has 0 atom stereocenters. The molecule has 0 unspecified atom stereocenters. The van der Waals surface area contributed by atoms with Crippen LogP contribution >= 0.6 is 0 Å². The van der Waals surface area contributed by atoms with E-state index in [-0.39, 0.29) is 43.1 Å². The Bertz CT molecular complexity index is 1220. The lowest BCUT2D eigenvalue weighted by atomic mass is 10.1. The summed E-state index contributed by atoms with van der Waals surface area (Å²) in [6, 6.07) is 11.0. The van der Waals surface area contributed by atoms with Gasteiger partial charge in [0.2, 0.25) is 5.89 Å². The van der Waals surface area contributed by atoms with Gasteiger partial charge in [0.25, 0.3) is 0 Å². The summed E-state index contributed by atoms with van der Waals surface area (Å²) >= 11 is 0. The van der Waals surface area contributed by atoms with Crippen LogP contribution in [0.15, 0.2) is 53.1 Å². The molecule has 0 spiro atoms. The van der Waals surface area contributed by atoms with Gasteiger partial charge in [-0.05, 0) is 29.8 Å². The molecule has 1 saturated heterocycles. The lowest BCUT2D eigenvalue weighted by Crippen LogP contribution is -2.50. The van der Waals surface area contributed by atoms with E-state index in [1.165, 1.54) is 28.1 Å². The van der Waals surface area contributed by atoms with Gasteiger partial charge in [0.1, 0.15) is 5.82 Å². The molecule has 3 heterocycles. The van der Waals surface area contributed by atoms with Crippen molar-refractivity contribution in [2.45, 2.75) is 12.7 Å². The molecule has 2 aromatic heterocycles. The van der Waals surface area contributed by atoms with Gasteiger partial charge in [-0.3, -0.25) is 4.90 Å². The molecular weight excluding hydrogens is 463 g/mol. The molecule has 4 rings (SSSR count). The van der Waals surface area contributed by atoms with Crippen LogP contribution in [0.4, 0.5) is 23.8 Å². The van der Waals surface area contributed by atoms with Crippen LogP contribution in [0.25, 0.3) is 11.5 Å². The number of hydrogen-bond acceptors (Lipinski definition) is 7. The lowest BCUT2D eigenvalue weighted by molar-refractivity contribution is -0.156. The smallest absolute Gasteiger partial charge is 0.413 e. The Morgan fingerprint density at radius 2 is 1.76 bits per heavy atom. The second-order valence-electron chi connectivity index (χ2n) is 7.30. The Kier molecular flexibility index (Phi) is 6.06. The number of alkyl halides is 3. The Labute approximate surface area is 186 Å². The number of urea groups is 1. The van der Waals surface area contributed by atoms with E-state index in [1.807, 2.05) is 0 Å². The zero-order valence-corrected chi connectivity index (χ0v) is 17.9. The van der Waals surface area contributed by atoms with Crippen LogP contribution in [-0.4, -0.2) is 59.1 Å². The number of amides is 2.